The van der Waals surface area contributed by atoms with E-state index < -0.39 is 51.5 Å². The SMILES string of the molecule is CN(C)P(=NP(=S)(N=P(N=P(N(C)C)(N(C)C)N(C)C)(N(C)C)N(C)C)N=P(N=P(N(C)C)(N(C)C)N(C)C)(N(C)C)N(C)C)(N=P(N(C)C)(N(C)C)N(C)C)N(C)C. The predicted octanol–water partition coefficient (Wildman–Crippen LogP) is 7.31. The Morgan fingerprint density at radius 2 is 0.322 bits per heavy atom. The molecule has 0 unspecified atom stereocenters. The van der Waals surface area contributed by atoms with Crippen LogP contribution in [-0.2, 0) is 11.8 Å². The molecule has 356 valence electrons. The molecule has 0 saturated carbocycles. The minimum absolute atomic E-state index is 2.05. The molecular weight excluding hydrogens is 903 g/mol. The average molecular weight is 994 g/mol. The van der Waals surface area contributed by atoms with Gasteiger partial charge in [0.25, 0.3) is 6.49 Å². The van der Waals surface area contributed by atoms with Gasteiger partial charge >= 0.3 is 0 Å². The molecule has 59 heavy (non-hydrogen) atoms. The molecule has 0 fully saturated rings. The Bertz CT molecular complexity index is 1460. The van der Waals surface area contributed by atoms with Gasteiger partial charge in [-0.1, -0.05) is 0 Å². The molecule has 0 amide bonds. The third-order valence-electron chi connectivity index (χ3n) is 9.48. The van der Waals surface area contributed by atoms with Gasteiger partial charge < -0.3 is 0 Å². The van der Waals surface area contributed by atoms with Crippen LogP contribution in [-0.4, -0.2) is 281 Å². The lowest BCUT2D eigenvalue weighted by atomic mass is 11.2. The Labute approximate surface area is 370 Å². The monoisotopic (exact) mass is 994 g/mol. The summed E-state index contributed by atoms with van der Waals surface area (Å²) < 4.78 is 68.8. The topological polar surface area (TPSA) is 123 Å². The van der Waals surface area contributed by atoms with Gasteiger partial charge in [0, 0.05) is 0 Å². The van der Waals surface area contributed by atoms with E-state index in [4.69, 9.17) is 38.9 Å². The quantitative estimate of drug-likeness (QED) is 0.107. The highest BCUT2D eigenvalue weighted by atomic mass is 32.4. The van der Waals surface area contributed by atoms with Crippen LogP contribution in [0.5, 0.6) is 0 Å². The van der Waals surface area contributed by atoms with E-state index in [1.807, 2.05) is 84.6 Å². The van der Waals surface area contributed by atoms with E-state index in [-0.39, 0.29) is 0 Å². The van der Waals surface area contributed by atoms with Gasteiger partial charge in [-0.2, -0.15) is 27.1 Å². The van der Waals surface area contributed by atoms with Crippen molar-refractivity contribution < 1.29 is 0 Å². The molecule has 0 saturated heterocycles. The van der Waals surface area contributed by atoms with Crippen LogP contribution in [0.15, 0.2) is 27.1 Å². The van der Waals surface area contributed by atoms with E-state index in [1.165, 1.54) is 0 Å². The van der Waals surface area contributed by atoms with E-state index >= 15 is 0 Å². The highest BCUT2D eigenvalue weighted by Crippen LogP contribution is 2.81. The minimum atomic E-state index is -3.73. The lowest BCUT2D eigenvalue weighted by Crippen LogP contribution is -2.32. The van der Waals surface area contributed by atoms with E-state index in [0.29, 0.717) is 0 Å². The van der Waals surface area contributed by atoms with E-state index in [0.717, 1.165) is 0 Å². The molecule has 0 aromatic rings. The molecule has 0 bridgehead atoms. The molecule has 0 rings (SSSR count). The molecular formula is C30H90N21P7S. The highest BCUT2D eigenvalue weighted by molar-refractivity contribution is 8.16. The molecule has 0 aliphatic carbocycles. The van der Waals surface area contributed by atoms with E-state index in [1.54, 1.807) is 0 Å². The second-order valence-corrected chi connectivity index (χ2v) is 42.2. The molecule has 0 aliphatic rings. The largest absolute Gasteiger partial charge is 0.282 e. The zero-order valence-electron chi connectivity index (χ0n) is 42.9. The van der Waals surface area contributed by atoms with Crippen LogP contribution in [0.4, 0.5) is 0 Å². The highest BCUT2D eigenvalue weighted by Gasteiger charge is 2.44. The lowest BCUT2D eigenvalue weighted by molar-refractivity contribution is 0.472. The first-order valence-corrected chi connectivity index (χ1v) is 31.3. The summed E-state index contributed by atoms with van der Waals surface area (Å²) in [5, 5.41) is 0. The van der Waals surface area contributed by atoms with Crippen LogP contribution in [0.25, 0.3) is 0 Å². The Kier molecular flexibility index (Phi) is 23.3. The molecule has 0 N–H and O–H groups in total. The molecule has 0 atom stereocenters. The molecule has 0 heterocycles. The first kappa shape index (κ1) is 60.4. The fourth-order valence-electron chi connectivity index (χ4n) is 7.03. The van der Waals surface area contributed by atoms with Gasteiger partial charge in [-0.05, 0) is 223 Å². The van der Waals surface area contributed by atoms with Crippen LogP contribution in [0, 0.1) is 0 Å². The standard InChI is InChI=1S/C30H90N21P7S/c1-37(2)53(38(3)4,34-56(43(13)14,44(15)16)45(17)18)31-52(59,32-54(39(5)6,40(7)8)35-57(46(19)20,47(21)22)48(23)24)33-55(41(9)10,42(11)12)36-58(49(25)26,50(27)28)51(29)30/h1-30H3. The fraction of sp³-hybridized carbons (Fsp3) is 1.00. The summed E-state index contributed by atoms with van der Waals surface area (Å²) in [6.07, 6.45) is 0. The van der Waals surface area contributed by atoms with Crippen molar-refractivity contribution in [2.24, 2.45) is 27.1 Å². The second kappa shape index (κ2) is 22.8. The summed E-state index contributed by atoms with van der Waals surface area (Å²) in [6, 6.07) is 0. The van der Waals surface area contributed by atoms with Crippen LogP contribution in [0.2, 0.25) is 0 Å². The molecule has 0 aromatic carbocycles. The molecule has 21 nitrogen and oxygen atoms in total. The van der Waals surface area contributed by atoms with Crippen LogP contribution >= 0.6 is 51.5 Å². The zero-order chi connectivity index (χ0) is 47.4. The molecule has 29 heteroatoms. The number of hydrogen-bond donors (Lipinski definition) is 0. The van der Waals surface area contributed by atoms with Crippen molar-refractivity contribution in [3.8, 4) is 0 Å². The molecule has 0 radical (unpaired) electrons. The Balaban J connectivity index is 11.0. The van der Waals surface area contributed by atoms with Crippen molar-refractivity contribution in [2.45, 2.75) is 0 Å². The summed E-state index contributed by atoms with van der Waals surface area (Å²) in [7, 11) is 45.1. The first-order valence-electron chi connectivity index (χ1n) is 19.0. The third kappa shape index (κ3) is 12.1. The van der Waals surface area contributed by atoms with E-state index in [2.05, 4.69) is 197 Å². The number of rotatable bonds is 21. The van der Waals surface area contributed by atoms with Gasteiger partial charge in [-0.3, -0.25) is 42.0 Å². The Morgan fingerprint density at radius 1 is 0.203 bits per heavy atom. The summed E-state index contributed by atoms with van der Waals surface area (Å²) in [4.78, 5) is 0. The average Bonchev–Trinajstić information content (AvgIpc) is 3.04. The van der Waals surface area contributed by atoms with Crippen molar-refractivity contribution in [3.63, 3.8) is 0 Å². The van der Waals surface area contributed by atoms with Crippen molar-refractivity contribution in [3.05, 3.63) is 0 Å². The summed E-state index contributed by atoms with van der Waals surface area (Å²) >= 11 is 7.19. The number of nitrogens with zero attached hydrogens (tertiary/aromatic N) is 21. The Morgan fingerprint density at radius 3 is 0.407 bits per heavy atom. The van der Waals surface area contributed by atoms with Crippen LogP contribution < -0.4 is 0 Å². The summed E-state index contributed by atoms with van der Waals surface area (Å²) in [5.41, 5.74) is 0. The maximum Gasteiger partial charge on any atom is 0.282 e. The van der Waals surface area contributed by atoms with Crippen molar-refractivity contribution in [1.82, 2.24) is 70.1 Å². The second-order valence-electron chi connectivity index (χ2n) is 17.0. The zero-order valence-corrected chi connectivity index (χ0v) is 50.0. The van der Waals surface area contributed by atoms with Crippen LogP contribution in [0.1, 0.15) is 0 Å². The molecule has 0 aromatic heterocycles. The first-order chi connectivity index (χ1) is 26.4. The van der Waals surface area contributed by atoms with Gasteiger partial charge in [-0.25, -0.2) is 28.0 Å². The van der Waals surface area contributed by atoms with E-state index in [9.17, 15) is 0 Å². The summed E-state index contributed by atoms with van der Waals surface area (Å²) in [6.45, 7) is -3.73. The normalized spacial score (nSPS) is 14.9. The smallest absolute Gasteiger partial charge is 0.252 e. The van der Waals surface area contributed by atoms with Gasteiger partial charge in [0.05, 0.1) is 0 Å². The minimum Gasteiger partial charge on any atom is -0.252 e. The van der Waals surface area contributed by atoms with Gasteiger partial charge in [-0.15, -0.1) is 0 Å². The number of hydrogen-bond acceptors (Lipinski definition) is 1. The molecule has 0 spiro atoms. The third-order valence-corrected chi connectivity index (χ3v) is 39.0. The van der Waals surface area contributed by atoms with Crippen molar-refractivity contribution >= 4 is 63.3 Å². The maximum atomic E-state index is 7.19. The van der Waals surface area contributed by atoms with Gasteiger partial charge in [0.1, 0.15) is 0 Å². The van der Waals surface area contributed by atoms with Crippen LogP contribution in [0.3, 0.4) is 0 Å². The van der Waals surface area contributed by atoms with Crippen molar-refractivity contribution in [1.29, 1.82) is 0 Å². The maximum absolute atomic E-state index is 7.19. The lowest BCUT2D eigenvalue weighted by Gasteiger charge is -2.46. The van der Waals surface area contributed by atoms with Crippen molar-refractivity contribution in [2.75, 3.05) is 211 Å². The Hall–Kier alpha value is 1.43. The predicted molar refractivity (Wildman–Crippen MR) is 276 cm³/mol. The fourth-order valence-corrected chi connectivity index (χ4v) is 42.1. The summed E-state index contributed by atoms with van der Waals surface area (Å²) in [5.74, 6) is 0. The van der Waals surface area contributed by atoms with Gasteiger partial charge in [0.2, 0.25) is 22.5 Å². The molecule has 0 aliphatic heterocycles. The van der Waals surface area contributed by atoms with Gasteiger partial charge in [0.15, 0.2) is 22.5 Å².